The average molecular weight is 273 g/mol. The Morgan fingerprint density at radius 2 is 2.10 bits per heavy atom. The van der Waals surface area contributed by atoms with Gasteiger partial charge in [-0.25, -0.2) is 0 Å². The standard InChI is InChI=1S/C16H23N3O/c17-15-12-4-1-5-13(15)8-14(7-12)16(20)19-10-11-3-2-6-18-9-11/h2-3,6,9,12-15H,1,4-5,7-8,10,17H2,(H,19,20). The van der Waals surface area contributed by atoms with Gasteiger partial charge in [-0.2, -0.15) is 0 Å². The van der Waals surface area contributed by atoms with E-state index in [2.05, 4.69) is 10.3 Å². The van der Waals surface area contributed by atoms with Crippen molar-refractivity contribution in [3.8, 4) is 0 Å². The molecule has 0 aromatic carbocycles. The summed E-state index contributed by atoms with van der Waals surface area (Å²) >= 11 is 0. The van der Waals surface area contributed by atoms with Crippen molar-refractivity contribution >= 4 is 5.91 Å². The summed E-state index contributed by atoms with van der Waals surface area (Å²) in [5.74, 6) is 1.45. The van der Waals surface area contributed by atoms with E-state index in [1.54, 1.807) is 12.4 Å². The normalized spacial score (nSPS) is 32.6. The lowest BCUT2D eigenvalue weighted by atomic mass is 9.65. The molecule has 20 heavy (non-hydrogen) atoms. The van der Waals surface area contributed by atoms with Crippen molar-refractivity contribution in [1.29, 1.82) is 0 Å². The van der Waals surface area contributed by atoms with Gasteiger partial charge in [0.2, 0.25) is 5.91 Å². The van der Waals surface area contributed by atoms with Gasteiger partial charge in [-0.05, 0) is 49.1 Å². The topological polar surface area (TPSA) is 68.0 Å². The van der Waals surface area contributed by atoms with Crippen LogP contribution in [0.3, 0.4) is 0 Å². The molecule has 0 saturated heterocycles. The van der Waals surface area contributed by atoms with Crippen molar-refractivity contribution in [1.82, 2.24) is 10.3 Å². The molecule has 2 saturated carbocycles. The predicted octanol–water partition coefficient (Wildman–Crippen LogP) is 1.85. The van der Waals surface area contributed by atoms with Crippen molar-refractivity contribution in [2.24, 2.45) is 23.5 Å². The van der Waals surface area contributed by atoms with Gasteiger partial charge in [0, 0.05) is 30.9 Å². The fourth-order valence-corrected chi connectivity index (χ4v) is 3.84. The number of hydrogen-bond donors (Lipinski definition) is 2. The maximum absolute atomic E-state index is 12.3. The van der Waals surface area contributed by atoms with Crippen molar-refractivity contribution < 1.29 is 4.79 Å². The van der Waals surface area contributed by atoms with Gasteiger partial charge in [0.25, 0.3) is 0 Å². The molecule has 0 radical (unpaired) electrons. The zero-order valence-electron chi connectivity index (χ0n) is 11.8. The van der Waals surface area contributed by atoms with Crippen LogP contribution in [-0.4, -0.2) is 16.9 Å². The third-order valence-corrected chi connectivity index (χ3v) is 4.97. The molecule has 2 atom stereocenters. The molecular weight excluding hydrogens is 250 g/mol. The number of pyridine rings is 1. The molecule has 2 aliphatic rings. The SMILES string of the molecule is NC1C2CCCC1CC(C(=O)NCc1cccnc1)C2. The second kappa shape index (κ2) is 5.92. The fraction of sp³-hybridized carbons (Fsp3) is 0.625. The van der Waals surface area contributed by atoms with Crippen molar-refractivity contribution in [2.75, 3.05) is 0 Å². The molecule has 2 unspecified atom stereocenters. The van der Waals surface area contributed by atoms with Gasteiger partial charge in [-0.15, -0.1) is 0 Å². The molecule has 4 nitrogen and oxygen atoms in total. The zero-order chi connectivity index (χ0) is 13.9. The minimum Gasteiger partial charge on any atom is -0.352 e. The maximum Gasteiger partial charge on any atom is 0.223 e. The van der Waals surface area contributed by atoms with Crippen LogP contribution in [0.15, 0.2) is 24.5 Å². The number of fused-ring (bicyclic) bond motifs is 2. The van der Waals surface area contributed by atoms with Crippen LogP contribution >= 0.6 is 0 Å². The number of nitrogens with one attached hydrogen (secondary N) is 1. The van der Waals surface area contributed by atoms with E-state index in [-0.39, 0.29) is 11.8 Å². The summed E-state index contributed by atoms with van der Waals surface area (Å²) < 4.78 is 0. The van der Waals surface area contributed by atoms with Gasteiger partial charge in [-0.1, -0.05) is 12.5 Å². The van der Waals surface area contributed by atoms with E-state index in [1.807, 2.05) is 12.1 Å². The fourth-order valence-electron chi connectivity index (χ4n) is 3.84. The molecular formula is C16H23N3O. The van der Waals surface area contributed by atoms with Crippen LogP contribution in [-0.2, 0) is 11.3 Å². The van der Waals surface area contributed by atoms with Gasteiger partial charge in [0.1, 0.15) is 0 Å². The Morgan fingerprint density at radius 3 is 2.75 bits per heavy atom. The number of nitrogens with zero attached hydrogens (tertiary/aromatic N) is 1. The Balaban J connectivity index is 1.55. The lowest BCUT2D eigenvalue weighted by Gasteiger charge is -2.43. The number of nitrogens with two attached hydrogens (primary N) is 1. The van der Waals surface area contributed by atoms with Crippen LogP contribution in [0.2, 0.25) is 0 Å². The summed E-state index contributed by atoms with van der Waals surface area (Å²) in [6.45, 7) is 0.574. The molecule has 3 N–H and O–H groups in total. The molecule has 2 aliphatic carbocycles. The summed E-state index contributed by atoms with van der Waals surface area (Å²) in [7, 11) is 0. The largest absolute Gasteiger partial charge is 0.352 e. The Morgan fingerprint density at radius 1 is 1.35 bits per heavy atom. The molecule has 4 heteroatoms. The molecule has 108 valence electrons. The highest BCUT2D eigenvalue weighted by Crippen LogP contribution is 2.41. The molecule has 0 aliphatic heterocycles. The number of rotatable bonds is 3. The molecule has 1 aromatic rings. The van der Waals surface area contributed by atoms with Gasteiger partial charge < -0.3 is 11.1 Å². The average Bonchev–Trinajstić information content (AvgIpc) is 2.45. The first-order valence-corrected chi connectivity index (χ1v) is 7.66. The summed E-state index contributed by atoms with van der Waals surface area (Å²) in [5.41, 5.74) is 7.32. The van der Waals surface area contributed by atoms with Crippen LogP contribution < -0.4 is 11.1 Å². The predicted molar refractivity (Wildman–Crippen MR) is 77.6 cm³/mol. The summed E-state index contributed by atoms with van der Waals surface area (Å²) in [5, 5.41) is 3.05. The lowest BCUT2D eigenvalue weighted by Crippen LogP contribution is -2.49. The molecule has 0 spiro atoms. The molecule has 1 heterocycles. The van der Waals surface area contributed by atoms with Gasteiger partial charge in [0.15, 0.2) is 0 Å². The zero-order valence-corrected chi connectivity index (χ0v) is 11.8. The van der Waals surface area contributed by atoms with E-state index < -0.39 is 0 Å². The Bertz CT molecular complexity index is 448. The number of carbonyl (C=O) groups is 1. The quantitative estimate of drug-likeness (QED) is 0.883. The first-order valence-electron chi connectivity index (χ1n) is 7.66. The Labute approximate surface area is 120 Å². The minimum atomic E-state index is 0.154. The highest BCUT2D eigenvalue weighted by Gasteiger charge is 2.40. The number of carbonyl (C=O) groups excluding carboxylic acids is 1. The van der Waals surface area contributed by atoms with Crippen LogP contribution in [0, 0.1) is 17.8 Å². The molecule has 2 bridgehead atoms. The summed E-state index contributed by atoms with van der Waals surface area (Å²) in [6.07, 6.45) is 9.16. The number of hydrogen-bond acceptors (Lipinski definition) is 3. The highest BCUT2D eigenvalue weighted by atomic mass is 16.1. The molecule has 3 rings (SSSR count). The smallest absolute Gasteiger partial charge is 0.223 e. The van der Waals surface area contributed by atoms with E-state index in [0.717, 1.165) is 18.4 Å². The monoisotopic (exact) mass is 273 g/mol. The maximum atomic E-state index is 12.3. The molecule has 2 fully saturated rings. The van der Waals surface area contributed by atoms with Crippen molar-refractivity contribution in [3.05, 3.63) is 30.1 Å². The van der Waals surface area contributed by atoms with E-state index in [0.29, 0.717) is 24.4 Å². The lowest BCUT2D eigenvalue weighted by molar-refractivity contribution is -0.128. The van der Waals surface area contributed by atoms with Crippen molar-refractivity contribution in [2.45, 2.75) is 44.7 Å². The first-order chi connectivity index (χ1) is 9.74. The van der Waals surface area contributed by atoms with Crippen LogP contribution in [0.1, 0.15) is 37.7 Å². The Kier molecular flexibility index (Phi) is 4.01. The second-order valence-electron chi connectivity index (χ2n) is 6.28. The molecule has 1 amide bonds. The second-order valence-corrected chi connectivity index (χ2v) is 6.28. The highest BCUT2D eigenvalue weighted by molar-refractivity contribution is 5.78. The van der Waals surface area contributed by atoms with E-state index >= 15 is 0 Å². The van der Waals surface area contributed by atoms with Crippen LogP contribution in [0.5, 0.6) is 0 Å². The Hall–Kier alpha value is -1.42. The van der Waals surface area contributed by atoms with E-state index in [1.165, 1.54) is 19.3 Å². The summed E-state index contributed by atoms with van der Waals surface area (Å²) in [6, 6.07) is 4.20. The first kappa shape index (κ1) is 13.6. The third-order valence-electron chi connectivity index (χ3n) is 4.97. The van der Waals surface area contributed by atoms with Crippen molar-refractivity contribution in [3.63, 3.8) is 0 Å². The minimum absolute atomic E-state index is 0.154. The summed E-state index contributed by atoms with van der Waals surface area (Å²) in [4.78, 5) is 16.4. The van der Waals surface area contributed by atoms with E-state index in [9.17, 15) is 4.79 Å². The third kappa shape index (κ3) is 2.85. The number of amides is 1. The van der Waals surface area contributed by atoms with E-state index in [4.69, 9.17) is 5.73 Å². The van der Waals surface area contributed by atoms with Crippen LogP contribution in [0.25, 0.3) is 0 Å². The van der Waals surface area contributed by atoms with Crippen LogP contribution in [0.4, 0.5) is 0 Å². The van der Waals surface area contributed by atoms with Gasteiger partial charge in [-0.3, -0.25) is 9.78 Å². The van der Waals surface area contributed by atoms with Gasteiger partial charge >= 0.3 is 0 Å². The van der Waals surface area contributed by atoms with Gasteiger partial charge in [0.05, 0.1) is 0 Å². The number of aromatic nitrogens is 1. The molecule has 1 aromatic heterocycles.